The third-order valence-electron chi connectivity index (χ3n) is 10.8. The predicted molar refractivity (Wildman–Crippen MR) is 188 cm³/mol. The first-order chi connectivity index (χ1) is 22.1. The Morgan fingerprint density at radius 3 is 1.96 bits per heavy atom. The van der Waals surface area contributed by atoms with Gasteiger partial charge in [0.2, 0.25) is 0 Å². The molecular formula is C44H31N. The molecule has 1 aliphatic carbocycles. The molecule has 0 radical (unpaired) electrons. The molecule has 1 aromatic heterocycles. The summed E-state index contributed by atoms with van der Waals surface area (Å²) >= 11 is 0. The van der Waals surface area contributed by atoms with Crippen molar-refractivity contribution < 1.29 is 0 Å². The molecule has 0 amide bonds. The Hall–Kier alpha value is -5.40. The van der Waals surface area contributed by atoms with Gasteiger partial charge >= 0.3 is 0 Å². The maximum absolute atomic E-state index is 2.53. The number of para-hydroxylation sites is 3. The summed E-state index contributed by atoms with van der Waals surface area (Å²) in [7, 11) is 0. The second-order valence-corrected chi connectivity index (χ2v) is 13.3. The second-order valence-electron chi connectivity index (χ2n) is 13.3. The first kappa shape index (κ1) is 25.0. The second kappa shape index (κ2) is 8.61. The number of hydrogen-bond acceptors (Lipinski definition) is 0. The van der Waals surface area contributed by atoms with Gasteiger partial charge in [0.25, 0.3) is 0 Å². The maximum Gasteiger partial charge on any atom is 0.0748 e. The highest BCUT2D eigenvalue weighted by molar-refractivity contribution is 6.12. The number of fused-ring (bicyclic) bond motifs is 12. The van der Waals surface area contributed by atoms with E-state index >= 15 is 0 Å². The van der Waals surface area contributed by atoms with E-state index in [0.29, 0.717) is 0 Å². The Morgan fingerprint density at radius 2 is 1.07 bits per heavy atom. The van der Waals surface area contributed by atoms with Crippen LogP contribution < -0.4 is 0 Å². The zero-order valence-electron chi connectivity index (χ0n) is 25.4. The Morgan fingerprint density at radius 1 is 0.444 bits per heavy atom. The first-order valence-electron chi connectivity index (χ1n) is 16.0. The fourth-order valence-corrected chi connectivity index (χ4v) is 8.97. The van der Waals surface area contributed by atoms with Gasteiger partial charge in [-0.3, -0.25) is 0 Å². The van der Waals surface area contributed by atoms with Crippen molar-refractivity contribution in [3.63, 3.8) is 0 Å². The van der Waals surface area contributed by atoms with E-state index in [1.54, 1.807) is 0 Å². The van der Waals surface area contributed by atoms with E-state index in [4.69, 9.17) is 0 Å². The van der Waals surface area contributed by atoms with Crippen molar-refractivity contribution in [3.05, 3.63) is 185 Å². The monoisotopic (exact) mass is 573 g/mol. The molecule has 8 aromatic rings. The van der Waals surface area contributed by atoms with Crippen LogP contribution in [0.5, 0.6) is 0 Å². The minimum atomic E-state index is -0.484. The van der Waals surface area contributed by atoms with Gasteiger partial charge in [-0.15, -0.1) is 0 Å². The molecule has 212 valence electrons. The van der Waals surface area contributed by atoms with Crippen molar-refractivity contribution in [1.29, 1.82) is 0 Å². The summed E-state index contributed by atoms with van der Waals surface area (Å²) in [4.78, 5) is 0. The predicted octanol–water partition coefficient (Wildman–Crippen LogP) is 10.9. The number of benzene rings is 7. The summed E-state index contributed by atoms with van der Waals surface area (Å²) in [6.45, 7) is 4.81. The van der Waals surface area contributed by atoms with E-state index in [0.717, 1.165) is 0 Å². The summed E-state index contributed by atoms with van der Waals surface area (Å²) in [5, 5.41) is 5.17. The van der Waals surface area contributed by atoms with Gasteiger partial charge in [0.05, 0.1) is 22.1 Å². The van der Waals surface area contributed by atoms with Crippen molar-refractivity contribution in [2.75, 3.05) is 0 Å². The third kappa shape index (κ3) is 2.99. The normalized spacial score (nSPS) is 17.4. The van der Waals surface area contributed by atoms with Gasteiger partial charge in [-0.25, -0.2) is 0 Å². The molecule has 45 heavy (non-hydrogen) atoms. The molecule has 1 spiro atoms. The van der Waals surface area contributed by atoms with Crippen LogP contribution in [0, 0.1) is 0 Å². The lowest BCUT2D eigenvalue weighted by Gasteiger charge is -2.50. The highest BCUT2D eigenvalue weighted by Gasteiger charge is 2.52. The van der Waals surface area contributed by atoms with Crippen molar-refractivity contribution in [3.8, 4) is 16.8 Å². The fourth-order valence-electron chi connectivity index (χ4n) is 8.97. The van der Waals surface area contributed by atoms with Gasteiger partial charge in [0, 0.05) is 16.2 Å². The topological polar surface area (TPSA) is 4.93 Å². The summed E-state index contributed by atoms with van der Waals surface area (Å²) in [5.41, 5.74) is 14.0. The summed E-state index contributed by atoms with van der Waals surface area (Å²) < 4.78 is 2.52. The molecule has 2 aliphatic rings. The van der Waals surface area contributed by atoms with Crippen LogP contribution in [0.3, 0.4) is 0 Å². The van der Waals surface area contributed by atoms with Crippen LogP contribution in [0.15, 0.2) is 152 Å². The van der Waals surface area contributed by atoms with Crippen LogP contribution in [0.25, 0.3) is 49.4 Å². The van der Waals surface area contributed by atoms with E-state index in [-0.39, 0.29) is 5.41 Å². The summed E-state index contributed by atoms with van der Waals surface area (Å²) in [6, 6.07) is 57.0. The van der Waals surface area contributed by atoms with E-state index < -0.39 is 5.41 Å². The zero-order chi connectivity index (χ0) is 29.9. The number of rotatable bonds is 1. The lowest BCUT2D eigenvalue weighted by molar-refractivity contribution is 0.556. The molecule has 0 saturated heterocycles. The van der Waals surface area contributed by atoms with Gasteiger partial charge in [0.1, 0.15) is 0 Å². The Kier molecular flexibility index (Phi) is 4.78. The van der Waals surface area contributed by atoms with Crippen LogP contribution in [0.1, 0.15) is 47.2 Å². The van der Waals surface area contributed by atoms with Gasteiger partial charge in [-0.05, 0) is 73.5 Å². The minimum Gasteiger partial charge on any atom is -0.309 e. The molecule has 2 heterocycles. The molecule has 1 aliphatic heterocycles. The standard InChI is InChI=1S/C44H31N/c1-43(2)34-19-6-7-20-36(34)44(39-27-29(25-26-35(39)43)31-17-11-14-28-13-3-4-15-30(28)31)37-21-8-10-24-41(37)45-40-23-9-5-16-32(40)33-18-12-22-38(44)42(33)45/h3-27H,1-2H3. The highest BCUT2D eigenvalue weighted by Crippen LogP contribution is 2.60. The summed E-state index contributed by atoms with van der Waals surface area (Å²) in [6.07, 6.45) is 0. The lowest BCUT2D eigenvalue weighted by Crippen LogP contribution is -2.44. The number of nitrogens with zero attached hydrogens (tertiary/aromatic N) is 1. The quantitative estimate of drug-likeness (QED) is 0.184. The summed E-state index contributed by atoms with van der Waals surface area (Å²) in [5.74, 6) is 0. The first-order valence-corrected chi connectivity index (χ1v) is 16.0. The van der Waals surface area contributed by atoms with E-state index in [1.165, 1.54) is 82.8 Å². The molecule has 0 bridgehead atoms. The average molecular weight is 574 g/mol. The molecule has 0 fully saturated rings. The van der Waals surface area contributed by atoms with Gasteiger partial charge in [-0.2, -0.15) is 0 Å². The Balaban J connectivity index is 1.43. The van der Waals surface area contributed by atoms with Gasteiger partial charge in [0.15, 0.2) is 0 Å². The fraction of sp³-hybridized carbons (Fsp3) is 0.0909. The molecule has 7 aromatic carbocycles. The van der Waals surface area contributed by atoms with Crippen LogP contribution in [0.2, 0.25) is 0 Å². The average Bonchev–Trinajstić information content (AvgIpc) is 3.43. The van der Waals surface area contributed by atoms with E-state index in [9.17, 15) is 0 Å². The molecule has 1 nitrogen and oxygen atoms in total. The van der Waals surface area contributed by atoms with Crippen molar-refractivity contribution in [1.82, 2.24) is 4.57 Å². The molecule has 10 rings (SSSR count). The molecular weight excluding hydrogens is 542 g/mol. The SMILES string of the molecule is CC1(C)c2ccccc2C2(c3ccccc3-n3c4ccccc4c4cccc2c43)c2cc(-c3cccc4ccccc34)ccc21. The van der Waals surface area contributed by atoms with Crippen LogP contribution in [-0.4, -0.2) is 4.57 Å². The lowest BCUT2D eigenvalue weighted by atomic mass is 9.53. The largest absolute Gasteiger partial charge is 0.309 e. The smallest absolute Gasteiger partial charge is 0.0748 e. The Bertz CT molecular complexity index is 2520. The van der Waals surface area contributed by atoms with Gasteiger partial charge in [-0.1, -0.05) is 147 Å². The van der Waals surface area contributed by atoms with Gasteiger partial charge < -0.3 is 4.57 Å². The molecule has 1 unspecified atom stereocenters. The van der Waals surface area contributed by atoms with Crippen LogP contribution in [-0.2, 0) is 10.8 Å². The van der Waals surface area contributed by atoms with Crippen molar-refractivity contribution in [2.45, 2.75) is 24.7 Å². The molecule has 1 heteroatoms. The molecule has 1 atom stereocenters. The Labute approximate surface area is 263 Å². The highest BCUT2D eigenvalue weighted by atomic mass is 15.0. The number of hydrogen-bond donors (Lipinski definition) is 0. The third-order valence-corrected chi connectivity index (χ3v) is 10.8. The maximum atomic E-state index is 2.53. The molecule has 0 saturated carbocycles. The van der Waals surface area contributed by atoms with Crippen molar-refractivity contribution in [2.24, 2.45) is 0 Å². The van der Waals surface area contributed by atoms with E-state index in [2.05, 4.69) is 170 Å². The van der Waals surface area contributed by atoms with Crippen LogP contribution in [0.4, 0.5) is 0 Å². The van der Waals surface area contributed by atoms with E-state index in [1.807, 2.05) is 0 Å². The van der Waals surface area contributed by atoms with Crippen LogP contribution >= 0.6 is 0 Å². The molecule has 0 N–H and O–H groups in total. The van der Waals surface area contributed by atoms with Crippen molar-refractivity contribution >= 4 is 32.6 Å². The zero-order valence-corrected chi connectivity index (χ0v) is 25.4. The number of aromatic nitrogens is 1. The minimum absolute atomic E-state index is 0.165.